The fourth-order valence-electron chi connectivity index (χ4n) is 5.88. The van der Waals surface area contributed by atoms with Gasteiger partial charge in [0.05, 0.1) is 6.76 Å². The van der Waals surface area contributed by atoms with Crippen LogP contribution >= 0.6 is 0 Å². The summed E-state index contributed by atoms with van der Waals surface area (Å²) in [5.41, 5.74) is 11.4. The molecule has 1 heteroatoms. The van der Waals surface area contributed by atoms with Crippen LogP contribution in [0.1, 0.15) is 55.0 Å². The van der Waals surface area contributed by atoms with Crippen LogP contribution in [0.5, 0.6) is 0 Å². The Balaban J connectivity index is 1.64. The van der Waals surface area contributed by atoms with Crippen molar-refractivity contribution in [3.05, 3.63) is 88.6 Å². The lowest BCUT2D eigenvalue weighted by Crippen LogP contribution is -2.35. The van der Waals surface area contributed by atoms with Crippen molar-refractivity contribution in [3.63, 3.8) is 0 Å². The highest BCUT2D eigenvalue weighted by Crippen LogP contribution is 2.35. The zero-order valence-electron chi connectivity index (χ0n) is 21.8. The molecule has 1 aliphatic rings. The van der Waals surface area contributed by atoms with E-state index in [2.05, 4.69) is 93.9 Å². The smallest absolute Gasteiger partial charge is 0.198 e. The summed E-state index contributed by atoms with van der Waals surface area (Å²) < 4.78 is 11.1. The molecule has 0 unspecified atom stereocenters. The molecular weight excluding hydrogens is 398 g/mol. The largest absolute Gasteiger partial charge is 0.220 e. The number of hydrogen-bond acceptors (Lipinski definition) is 0. The fraction of sp³-hybridized carbons (Fsp3) is 0.344. The molecule has 1 aromatic heterocycles. The SMILES string of the molecule is [2H]c1c(C)[n+](C)c(-c2ccc(-c3c(C)cccc3C)cc2C)c2ccc(CC3CCCC3)cc12. The van der Waals surface area contributed by atoms with E-state index < -0.39 is 0 Å². The van der Waals surface area contributed by atoms with Crippen molar-refractivity contribution in [3.8, 4) is 22.4 Å². The Hall–Kier alpha value is -2.93. The number of hydrogen-bond donors (Lipinski definition) is 0. The predicted octanol–water partition coefficient (Wildman–Crippen LogP) is 7.96. The molecule has 5 rings (SSSR count). The second-order valence-corrected chi connectivity index (χ2v) is 10.1. The average Bonchev–Trinajstić information content (AvgIpc) is 3.32. The highest BCUT2D eigenvalue weighted by atomic mass is 14.9. The molecule has 3 aromatic carbocycles. The summed E-state index contributed by atoms with van der Waals surface area (Å²) in [7, 11) is 2.10. The highest BCUT2D eigenvalue weighted by molar-refractivity contribution is 5.94. The van der Waals surface area contributed by atoms with Gasteiger partial charge in [0.25, 0.3) is 0 Å². The van der Waals surface area contributed by atoms with E-state index in [4.69, 9.17) is 1.37 Å². The van der Waals surface area contributed by atoms with Gasteiger partial charge < -0.3 is 0 Å². The normalized spacial score (nSPS) is 14.8. The Morgan fingerprint density at radius 3 is 2.30 bits per heavy atom. The standard InChI is InChI=1S/C32H36N/c1-21-9-8-10-22(2)31(21)27-14-16-29(23(3)17-27)32-30-15-13-26(19-25-11-6-7-12-25)20-28(30)18-24(4)33(32)5/h8-10,13-18,20,25H,6-7,11-12,19H2,1-5H3/q+1/i18D. The fourth-order valence-corrected chi connectivity index (χ4v) is 5.88. The third-order valence-corrected chi connectivity index (χ3v) is 7.74. The van der Waals surface area contributed by atoms with Crippen molar-refractivity contribution in [2.24, 2.45) is 13.0 Å². The molecule has 168 valence electrons. The molecule has 1 saturated carbocycles. The number of fused-ring (bicyclic) bond motifs is 1. The first-order valence-corrected chi connectivity index (χ1v) is 12.4. The van der Waals surface area contributed by atoms with Crippen molar-refractivity contribution in [1.82, 2.24) is 0 Å². The molecule has 1 aliphatic carbocycles. The summed E-state index contributed by atoms with van der Waals surface area (Å²) in [6.45, 7) is 8.68. The van der Waals surface area contributed by atoms with E-state index in [1.165, 1.54) is 75.7 Å². The lowest BCUT2D eigenvalue weighted by Gasteiger charge is -2.15. The molecule has 0 bridgehead atoms. The first-order valence-electron chi connectivity index (χ1n) is 12.9. The Morgan fingerprint density at radius 2 is 1.61 bits per heavy atom. The van der Waals surface area contributed by atoms with Gasteiger partial charge in [-0.05, 0) is 84.0 Å². The molecule has 1 heterocycles. The van der Waals surface area contributed by atoms with E-state index in [1.54, 1.807) is 0 Å². The van der Waals surface area contributed by atoms with E-state index in [-0.39, 0.29) is 0 Å². The molecule has 1 fully saturated rings. The maximum Gasteiger partial charge on any atom is 0.220 e. The molecule has 0 spiro atoms. The van der Waals surface area contributed by atoms with Gasteiger partial charge >= 0.3 is 0 Å². The minimum atomic E-state index is 0.652. The van der Waals surface area contributed by atoms with Gasteiger partial charge in [-0.3, -0.25) is 0 Å². The van der Waals surface area contributed by atoms with Crippen LogP contribution in [0.3, 0.4) is 0 Å². The average molecular weight is 436 g/mol. The lowest BCUT2D eigenvalue weighted by molar-refractivity contribution is -0.665. The van der Waals surface area contributed by atoms with Gasteiger partial charge in [-0.2, -0.15) is 4.57 Å². The highest BCUT2D eigenvalue weighted by Gasteiger charge is 2.21. The van der Waals surface area contributed by atoms with Crippen LogP contribution in [0.4, 0.5) is 0 Å². The Labute approximate surface area is 200 Å². The molecule has 0 amide bonds. The third-order valence-electron chi connectivity index (χ3n) is 7.74. The first kappa shape index (κ1) is 20.7. The number of rotatable bonds is 4. The Kier molecular flexibility index (Phi) is 5.50. The minimum absolute atomic E-state index is 0.652. The molecule has 0 atom stereocenters. The van der Waals surface area contributed by atoms with Crippen molar-refractivity contribution in [1.29, 1.82) is 0 Å². The molecule has 0 aliphatic heterocycles. The topological polar surface area (TPSA) is 3.88 Å². The van der Waals surface area contributed by atoms with Crippen LogP contribution in [-0.2, 0) is 13.5 Å². The van der Waals surface area contributed by atoms with Crippen molar-refractivity contribution < 1.29 is 5.94 Å². The van der Waals surface area contributed by atoms with Gasteiger partial charge in [0.2, 0.25) is 5.69 Å². The summed E-state index contributed by atoms with van der Waals surface area (Å²) in [4.78, 5) is 0. The van der Waals surface area contributed by atoms with Crippen LogP contribution < -0.4 is 4.57 Å². The quantitative estimate of drug-likeness (QED) is 0.286. The van der Waals surface area contributed by atoms with Gasteiger partial charge in [0, 0.05) is 18.5 Å². The zero-order valence-corrected chi connectivity index (χ0v) is 20.8. The van der Waals surface area contributed by atoms with Gasteiger partial charge in [0.1, 0.15) is 7.05 Å². The van der Waals surface area contributed by atoms with E-state index >= 15 is 0 Å². The van der Waals surface area contributed by atoms with Crippen molar-refractivity contribution >= 4 is 10.8 Å². The maximum atomic E-state index is 8.90. The van der Waals surface area contributed by atoms with E-state index in [1.807, 2.05) is 0 Å². The van der Waals surface area contributed by atoms with Gasteiger partial charge in [-0.25, -0.2) is 0 Å². The Morgan fingerprint density at radius 1 is 0.879 bits per heavy atom. The van der Waals surface area contributed by atoms with Crippen molar-refractivity contribution in [2.75, 3.05) is 0 Å². The number of aromatic nitrogens is 1. The summed E-state index contributed by atoms with van der Waals surface area (Å²) in [6, 6.07) is 20.9. The van der Waals surface area contributed by atoms with Crippen LogP contribution in [0.15, 0.2) is 60.6 Å². The number of benzene rings is 3. The van der Waals surface area contributed by atoms with E-state index in [9.17, 15) is 0 Å². The van der Waals surface area contributed by atoms with Crippen molar-refractivity contribution in [2.45, 2.75) is 59.8 Å². The summed E-state index contributed by atoms with van der Waals surface area (Å²) in [6.07, 6.45) is 6.60. The number of pyridine rings is 1. The maximum absolute atomic E-state index is 8.90. The second kappa shape index (κ2) is 8.78. The molecule has 0 radical (unpaired) electrons. The minimum Gasteiger partial charge on any atom is -0.198 e. The van der Waals surface area contributed by atoms with E-state index in [0.29, 0.717) is 6.04 Å². The van der Waals surface area contributed by atoms with Crippen LogP contribution in [0, 0.1) is 33.6 Å². The van der Waals surface area contributed by atoms with Crippen LogP contribution in [-0.4, -0.2) is 0 Å². The second-order valence-electron chi connectivity index (χ2n) is 10.1. The van der Waals surface area contributed by atoms with Gasteiger partial charge in [-0.15, -0.1) is 0 Å². The molecule has 0 N–H and O–H groups in total. The van der Waals surface area contributed by atoms with Crippen LogP contribution in [0.25, 0.3) is 33.2 Å². The lowest BCUT2D eigenvalue weighted by atomic mass is 9.91. The predicted molar refractivity (Wildman–Crippen MR) is 141 cm³/mol. The third kappa shape index (κ3) is 4.10. The molecular formula is C32H36N+. The summed E-state index contributed by atoms with van der Waals surface area (Å²) in [5, 5.41) is 2.26. The molecule has 0 saturated heterocycles. The molecule has 4 aromatic rings. The number of aryl methyl sites for hydroxylation is 3. The van der Waals surface area contributed by atoms with E-state index in [0.717, 1.165) is 23.4 Å². The molecule has 33 heavy (non-hydrogen) atoms. The molecule has 1 nitrogen and oxygen atoms in total. The monoisotopic (exact) mass is 435 g/mol. The Bertz CT molecular complexity index is 1370. The summed E-state index contributed by atoms with van der Waals surface area (Å²) >= 11 is 0. The van der Waals surface area contributed by atoms with Gasteiger partial charge in [0.15, 0.2) is 5.69 Å². The van der Waals surface area contributed by atoms with Gasteiger partial charge in [-0.1, -0.05) is 68.1 Å². The van der Waals surface area contributed by atoms with Crippen LogP contribution in [0.2, 0.25) is 0 Å². The first-order chi connectivity index (χ1) is 16.3. The summed E-state index contributed by atoms with van der Waals surface area (Å²) in [5.74, 6) is 0.812. The number of nitrogens with zero attached hydrogens (tertiary/aromatic N) is 1. The zero-order chi connectivity index (χ0) is 24.0.